The highest BCUT2D eigenvalue weighted by atomic mass is 32.1. The lowest BCUT2D eigenvalue weighted by atomic mass is 9.85. The lowest BCUT2D eigenvalue weighted by Gasteiger charge is -2.35. The molecule has 0 spiro atoms. The van der Waals surface area contributed by atoms with Crippen LogP contribution in [0.15, 0.2) is 96.5 Å². The second-order valence-corrected chi connectivity index (χ2v) is 25.1. The standard InChI is InChI=1S/C60H69F3N8O9S2.C2HF3O2/c1-37-52(82-36-66-37)41-14-12-38(13-15-41)32-65-54(75)49-30-47(80-51(74)29-45(72)34-71(7,8)9)33-68(49)55(76)53(58(2,3)4)67-50(73)35-78-26-10-11-27-79-46-24-19-40(20-25-46)39-16-21-43(22-17-39)70-57(81)69(56(77)59(70,5)6)44-23-18-42(31-64)48(28-44)60(61,62)63;3-2(4,5)1(6)7/h12-25,28,36,45,47,49,53,72H,10-11,26-27,29-30,32-35H2,1-9H3,(H-,65,67,73,75);(H,6,7)/t45-,47-,49+,53-;/m1./s1. The first-order chi connectivity index (χ1) is 41.5. The number of ether oxygens (including phenoxy) is 3. The van der Waals surface area contributed by atoms with E-state index in [1.807, 2.05) is 88.7 Å². The quantitative estimate of drug-likeness (QED) is 0.0196. The molecular weight excluding hydrogens is 1210 g/mol. The fourth-order valence-electron chi connectivity index (χ4n) is 9.84. The molecule has 5 aromatic rings. The van der Waals surface area contributed by atoms with E-state index in [4.69, 9.17) is 36.3 Å². The van der Waals surface area contributed by atoms with Crippen LogP contribution in [0.25, 0.3) is 21.6 Å². The first-order valence-corrected chi connectivity index (χ1v) is 29.3. The number of anilines is 2. The van der Waals surface area contributed by atoms with E-state index < -0.39 is 94.3 Å². The van der Waals surface area contributed by atoms with E-state index in [1.165, 1.54) is 11.0 Å². The number of likely N-dealkylation sites (tertiary alicyclic amines) is 1. The van der Waals surface area contributed by atoms with E-state index in [2.05, 4.69) is 15.6 Å². The van der Waals surface area contributed by atoms with Crippen LogP contribution in [0.5, 0.6) is 5.75 Å². The van der Waals surface area contributed by atoms with E-state index in [-0.39, 0.29) is 49.9 Å². The molecule has 0 bridgehead atoms. The molecular formula is C62H70F6N8O11S2. The van der Waals surface area contributed by atoms with Gasteiger partial charge in [0.05, 0.1) is 79.7 Å². The Labute approximate surface area is 520 Å². The van der Waals surface area contributed by atoms with Crippen molar-refractivity contribution in [1.29, 1.82) is 5.26 Å². The number of rotatable bonds is 22. The Morgan fingerprint density at radius 1 is 0.899 bits per heavy atom. The van der Waals surface area contributed by atoms with Gasteiger partial charge in [-0.15, -0.1) is 11.3 Å². The van der Waals surface area contributed by atoms with Crippen LogP contribution < -0.4 is 30.3 Å². The smallest absolute Gasteiger partial charge is 0.430 e. The number of aliphatic hydroxyl groups is 1. The van der Waals surface area contributed by atoms with Crippen LogP contribution in [-0.4, -0.2) is 150 Å². The number of nitrogens with zero attached hydrogens (tertiary/aromatic N) is 6. The summed E-state index contributed by atoms with van der Waals surface area (Å²) in [5, 5.41) is 34.4. The van der Waals surface area contributed by atoms with Crippen LogP contribution in [0.2, 0.25) is 0 Å². The second-order valence-electron chi connectivity index (χ2n) is 23.9. The number of benzene rings is 4. The van der Waals surface area contributed by atoms with E-state index in [0.29, 0.717) is 41.9 Å². The number of aromatic nitrogens is 1. The molecule has 0 radical (unpaired) electrons. The lowest BCUT2D eigenvalue weighted by Crippen LogP contribution is -2.58. The first-order valence-electron chi connectivity index (χ1n) is 28.0. The monoisotopic (exact) mass is 1280 g/mol. The number of esters is 1. The number of halogens is 6. The Balaban J connectivity index is 0.00000170. The number of hydrogen-bond acceptors (Lipinski definition) is 15. The van der Waals surface area contributed by atoms with Crippen LogP contribution in [0.1, 0.15) is 82.7 Å². The van der Waals surface area contributed by atoms with Crippen LogP contribution in [0, 0.1) is 23.7 Å². The summed E-state index contributed by atoms with van der Waals surface area (Å²) in [6.45, 7) is 11.3. The average Bonchev–Trinajstić information content (AvgIpc) is 2.11. The number of carboxylic acid groups (broad SMARTS) is 1. The molecule has 4 amide bonds. The summed E-state index contributed by atoms with van der Waals surface area (Å²) in [5.41, 5.74) is 2.96. The van der Waals surface area contributed by atoms with Crippen molar-refractivity contribution in [3.8, 4) is 33.4 Å². The molecule has 0 saturated carbocycles. The predicted molar refractivity (Wildman–Crippen MR) is 320 cm³/mol. The number of thiocarbonyl (C=S) groups is 1. The number of unbranched alkanes of at least 4 members (excludes halogenated alkanes) is 1. The minimum atomic E-state index is -5.19. The molecule has 2 fully saturated rings. The minimum Gasteiger partial charge on any atom is -0.542 e. The van der Waals surface area contributed by atoms with Gasteiger partial charge in [-0.1, -0.05) is 69.3 Å². The van der Waals surface area contributed by atoms with Crippen molar-refractivity contribution in [2.45, 2.75) is 116 Å². The van der Waals surface area contributed by atoms with Gasteiger partial charge in [0.15, 0.2) is 5.11 Å². The molecule has 27 heteroatoms. The zero-order valence-electron chi connectivity index (χ0n) is 50.4. The van der Waals surface area contributed by atoms with Crippen LogP contribution >= 0.6 is 23.6 Å². The van der Waals surface area contributed by atoms with Crippen molar-refractivity contribution < 1.29 is 84.0 Å². The number of quaternary nitrogens is 1. The Morgan fingerprint density at radius 2 is 1.48 bits per heavy atom. The third kappa shape index (κ3) is 18.8. The largest absolute Gasteiger partial charge is 0.542 e. The highest BCUT2D eigenvalue weighted by molar-refractivity contribution is 7.81. The molecule has 3 heterocycles. The van der Waals surface area contributed by atoms with E-state index in [1.54, 1.807) is 74.6 Å². The summed E-state index contributed by atoms with van der Waals surface area (Å²) in [5.74, 6) is -5.04. The van der Waals surface area contributed by atoms with E-state index in [9.17, 15) is 60.7 Å². The Bertz CT molecular complexity index is 3400. The van der Waals surface area contributed by atoms with Crippen LogP contribution in [-0.2, 0) is 51.0 Å². The Kier molecular flexibility index (Phi) is 22.9. The number of aliphatic hydroxyl groups excluding tert-OH is 1. The maximum absolute atomic E-state index is 14.5. The summed E-state index contributed by atoms with van der Waals surface area (Å²) in [4.78, 5) is 86.8. The highest BCUT2D eigenvalue weighted by Gasteiger charge is 2.51. The number of nitriles is 1. The van der Waals surface area contributed by atoms with Crippen LogP contribution in [0.3, 0.4) is 0 Å². The van der Waals surface area contributed by atoms with Gasteiger partial charge in [0.25, 0.3) is 5.91 Å². The van der Waals surface area contributed by atoms with Gasteiger partial charge in [0, 0.05) is 25.3 Å². The van der Waals surface area contributed by atoms with Crippen molar-refractivity contribution in [1.82, 2.24) is 20.5 Å². The molecule has 0 aliphatic carbocycles. The lowest BCUT2D eigenvalue weighted by molar-refractivity contribution is -0.873. The topological polar surface area (TPSA) is 244 Å². The minimum absolute atomic E-state index is 0.00551. The van der Waals surface area contributed by atoms with Gasteiger partial charge in [0.2, 0.25) is 17.7 Å². The molecule has 2 aliphatic rings. The molecule has 478 valence electrons. The number of carboxylic acids is 1. The molecule has 1 aromatic heterocycles. The molecule has 3 N–H and O–H groups in total. The number of amides is 4. The number of alkyl halides is 6. The Morgan fingerprint density at radius 3 is 2.03 bits per heavy atom. The normalized spacial score (nSPS) is 16.6. The fourth-order valence-corrected chi connectivity index (χ4v) is 11.2. The molecule has 4 aromatic carbocycles. The van der Waals surface area contributed by atoms with Crippen molar-refractivity contribution in [2.24, 2.45) is 5.41 Å². The number of carbonyl (C=O) groups excluding carboxylic acids is 6. The molecule has 7 rings (SSSR count). The molecule has 2 aliphatic heterocycles. The SMILES string of the molecule is Cc1ncsc1-c1ccc(CNC(=O)[C@@H]2C[C@@H](OC(=O)C[C@@H](O)C[N+](C)(C)C)CN2C(=O)[C@@H](NC(=O)COCCCCOc2ccc(-c3ccc(N4C(=S)N(c5ccc(C#N)c(C(F)(F)F)c5)C(=O)C4(C)C)cc3)cc2)C(C)(C)C)cc1.O=C([O-])C(F)(F)F. The highest BCUT2D eigenvalue weighted by Crippen LogP contribution is 2.41. The second kappa shape index (κ2) is 29.1. The molecule has 19 nitrogen and oxygen atoms in total. The van der Waals surface area contributed by atoms with Gasteiger partial charge < -0.3 is 54.1 Å². The summed E-state index contributed by atoms with van der Waals surface area (Å²) < 4.78 is 90.9. The van der Waals surface area contributed by atoms with Gasteiger partial charge >= 0.3 is 18.3 Å². The summed E-state index contributed by atoms with van der Waals surface area (Å²) in [6.07, 6.45) is -10.9. The third-order valence-corrected chi connectivity index (χ3v) is 15.6. The molecule has 89 heavy (non-hydrogen) atoms. The van der Waals surface area contributed by atoms with Crippen molar-refractivity contribution >= 4 is 75.6 Å². The van der Waals surface area contributed by atoms with Crippen molar-refractivity contribution in [3.05, 3.63) is 119 Å². The number of hydrogen-bond donors (Lipinski definition) is 3. The molecule has 4 atom stereocenters. The summed E-state index contributed by atoms with van der Waals surface area (Å²) in [7, 11) is 5.68. The van der Waals surface area contributed by atoms with Crippen molar-refractivity contribution in [2.75, 3.05) is 63.9 Å². The van der Waals surface area contributed by atoms with E-state index >= 15 is 0 Å². The van der Waals surface area contributed by atoms with Gasteiger partial charge in [-0.05, 0) is 116 Å². The maximum Gasteiger partial charge on any atom is 0.430 e. The van der Waals surface area contributed by atoms with Gasteiger partial charge in [-0.3, -0.25) is 28.9 Å². The number of carbonyl (C=O) groups is 6. The number of aryl methyl sites for hydroxylation is 1. The zero-order chi connectivity index (χ0) is 66.0. The van der Waals surface area contributed by atoms with Crippen molar-refractivity contribution in [3.63, 3.8) is 0 Å². The number of likely N-dealkylation sites (N-methyl/N-ethyl adjacent to an activating group) is 1. The third-order valence-electron chi connectivity index (χ3n) is 14.2. The maximum atomic E-state index is 14.5. The number of aliphatic carboxylic acids is 1. The van der Waals surface area contributed by atoms with Crippen LogP contribution in [0.4, 0.5) is 37.7 Å². The van der Waals surface area contributed by atoms with Gasteiger partial charge in [-0.25, -0.2) is 4.98 Å². The first kappa shape index (κ1) is 70.1. The van der Waals surface area contributed by atoms with E-state index in [0.717, 1.165) is 49.9 Å². The average molecular weight is 1280 g/mol. The molecule has 2 saturated heterocycles. The summed E-state index contributed by atoms with van der Waals surface area (Å²) in [6, 6.07) is 25.0. The zero-order valence-corrected chi connectivity index (χ0v) is 52.0. The van der Waals surface area contributed by atoms with Gasteiger partial charge in [0.1, 0.15) is 54.7 Å². The Hall–Kier alpha value is -8.03. The number of thiazole rings is 1. The molecule has 0 unspecified atom stereocenters. The number of nitrogens with one attached hydrogen (secondary N) is 2. The van der Waals surface area contributed by atoms with Gasteiger partial charge in [-0.2, -0.15) is 31.6 Å². The predicted octanol–water partition coefficient (Wildman–Crippen LogP) is 7.88. The summed E-state index contributed by atoms with van der Waals surface area (Å²) >= 11 is 7.23. The fraction of sp³-hybridized carbons (Fsp3) is 0.435.